The first kappa shape index (κ1) is 11.2. The maximum atomic E-state index is 5.87. The first-order valence-electron chi connectivity index (χ1n) is 4.67. The number of nitrogens with zero attached hydrogens (tertiary/aromatic N) is 2. The zero-order chi connectivity index (χ0) is 11.5. The van der Waals surface area contributed by atoms with Crippen LogP contribution in [0.15, 0.2) is 30.3 Å². The number of aryl methyl sites for hydroxylation is 1. The molecule has 0 aliphatic heterocycles. The van der Waals surface area contributed by atoms with Crippen LogP contribution in [-0.4, -0.2) is 9.97 Å². The van der Waals surface area contributed by atoms with Gasteiger partial charge in [-0.2, -0.15) is 0 Å². The summed E-state index contributed by atoms with van der Waals surface area (Å²) < 4.78 is 0. The number of halogens is 2. The van der Waals surface area contributed by atoms with E-state index >= 15 is 0 Å². The van der Waals surface area contributed by atoms with Crippen LogP contribution in [0.1, 0.15) is 5.69 Å². The molecule has 1 heterocycles. The molecule has 5 heteroatoms. The predicted octanol–water partition coefficient (Wildman–Crippen LogP) is 3.84. The molecule has 1 N–H and O–H groups in total. The largest absolute Gasteiger partial charge is 0.324 e. The van der Waals surface area contributed by atoms with Crippen molar-refractivity contribution in [1.82, 2.24) is 9.97 Å². The van der Waals surface area contributed by atoms with E-state index in [-0.39, 0.29) is 0 Å². The normalized spacial score (nSPS) is 10.2. The molecule has 0 aliphatic rings. The van der Waals surface area contributed by atoms with Crippen molar-refractivity contribution in [2.75, 3.05) is 5.32 Å². The zero-order valence-electron chi connectivity index (χ0n) is 8.54. The van der Waals surface area contributed by atoms with Crippen molar-refractivity contribution in [3.05, 3.63) is 46.2 Å². The fraction of sp³-hybridized carbons (Fsp3) is 0.0909. The number of benzene rings is 1. The molecule has 2 aromatic rings. The second-order valence-corrected chi connectivity index (χ2v) is 4.11. The van der Waals surface area contributed by atoms with Gasteiger partial charge in [0.1, 0.15) is 5.15 Å². The van der Waals surface area contributed by atoms with E-state index in [0.29, 0.717) is 16.1 Å². The zero-order valence-corrected chi connectivity index (χ0v) is 10.0. The lowest BCUT2D eigenvalue weighted by Crippen LogP contribution is -1.98. The molecular weight excluding hydrogens is 245 g/mol. The molecule has 0 bridgehead atoms. The molecule has 0 saturated carbocycles. The molecule has 0 saturated heterocycles. The number of hydrogen-bond donors (Lipinski definition) is 1. The lowest BCUT2D eigenvalue weighted by molar-refractivity contribution is 1.11. The molecule has 1 aromatic heterocycles. The fourth-order valence-electron chi connectivity index (χ4n) is 1.28. The first-order chi connectivity index (χ1) is 7.63. The summed E-state index contributed by atoms with van der Waals surface area (Å²) in [7, 11) is 0. The molecule has 1 aromatic carbocycles. The molecule has 0 amide bonds. The van der Waals surface area contributed by atoms with E-state index in [4.69, 9.17) is 23.2 Å². The van der Waals surface area contributed by atoms with Crippen LogP contribution < -0.4 is 5.32 Å². The van der Waals surface area contributed by atoms with E-state index < -0.39 is 0 Å². The van der Waals surface area contributed by atoms with Gasteiger partial charge in [-0.05, 0) is 31.2 Å². The highest BCUT2D eigenvalue weighted by Gasteiger charge is 2.01. The van der Waals surface area contributed by atoms with E-state index in [9.17, 15) is 0 Å². The molecule has 16 heavy (non-hydrogen) atoms. The second-order valence-electron chi connectivity index (χ2n) is 3.29. The van der Waals surface area contributed by atoms with Gasteiger partial charge in [0.25, 0.3) is 0 Å². The Morgan fingerprint density at radius 2 is 1.94 bits per heavy atom. The van der Waals surface area contributed by atoms with E-state index in [0.717, 1.165) is 11.4 Å². The summed E-state index contributed by atoms with van der Waals surface area (Å²) in [5, 5.41) is 4.11. The summed E-state index contributed by atoms with van der Waals surface area (Å²) in [6.07, 6.45) is 0. The highest BCUT2D eigenvalue weighted by atomic mass is 35.5. The van der Waals surface area contributed by atoms with Gasteiger partial charge in [0.2, 0.25) is 5.95 Å². The number of anilines is 2. The number of aromatic nitrogens is 2. The summed E-state index contributed by atoms with van der Waals surface area (Å²) in [6, 6.07) is 9.02. The quantitative estimate of drug-likeness (QED) is 0.827. The van der Waals surface area contributed by atoms with Gasteiger partial charge in [0, 0.05) is 16.4 Å². The van der Waals surface area contributed by atoms with Crippen LogP contribution in [0.2, 0.25) is 10.2 Å². The van der Waals surface area contributed by atoms with Gasteiger partial charge < -0.3 is 5.32 Å². The topological polar surface area (TPSA) is 37.8 Å². The Balaban J connectivity index is 2.27. The van der Waals surface area contributed by atoms with Crippen molar-refractivity contribution in [2.24, 2.45) is 0 Å². The average Bonchev–Trinajstić information content (AvgIpc) is 2.15. The van der Waals surface area contributed by atoms with Gasteiger partial charge in [-0.15, -0.1) is 0 Å². The van der Waals surface area contributed by atoms with E-state index in [1.165, 1.54) is 0 Å². The lowest BCUT2D eigenvalue weighted by Gasteiger charge is -2.05. The van der Waals surface area contributed by atoms with E-state index in [1.807, 2.05) is 19.1 Å². The van der Waals surface area contributed by atoms with Crippen molar-refractivity contribution >= 4 is 34.8 Å². The van der Waals surface area contributed by atoms with E-state index in [1.54, 1.807) is 18.2 Å². The van der Waals surface area contributed by atoms with E-state index in [2.05, 4.69) is 15.3 Å². The SMILES string of the molecule is Cc1cc(Cl)nc(Nc2cccc(Cl)c2)n1. The van der Waals surface area contributed by atoms with Gasteiger partial charge in [-0.25, -0.2) is 9.97 Å². The molecule has 0 fully saturated rings. The number of rotatable bonds is 2. The highest BCUT2D eigenvalue weighted by Crippen LogP contribution is 2.19. The third-order valence-corrected chi connectivity index (χ3v) is 2.33. The Hall–Kier alpha value is -1.32. The smallest absolute Gasteiger partial charge is 0.228 e. The summed E-state index contributed by atoms with van der Waals surface area (Å²) in [5.74, 6) is 0.465. The van der Waals surface area contributed by atoms with Gasteiger partial charge in [0.15, 0.2) is 0 Å². The van der Waals surface area contributed by atoms with Crippen LogP contribution in [0, 0.1) is 6.92 Å². The molecule has 0 aliphatic carbocycles. The predicted molar refractivity (Wildman–Crippen MR) is 66.5 cm³/mol. The van der Waals surface area contributed by atoms with Gasteiger partial charge in [-0.1, -0.05) is 29.3 Å². The Morgan fingerprint density at radius 3 is 2.62 bits per heavy atom. The summed E-state index contributed by atoms with van der Waals surface area (Å²) in [6.45, 7) is 1.86. The maximum absolute atomic E-state index is 5.87. The standard InChI is InChI=1S/C11H9Cl2N3/c1-7-5-10(13)16-11(14-7)15-9-4-2-3-8(12)6-9/h2-6H,1H3,(H,14,15,16). The van der Waals surface area contributed by atoms with Crippen molar-refractivity contribution < 1.29 is 0 Å². The van der Waals surface area contributed by atoms with Crippen LogP contribution in [0.4, 0.5) is 11.6 Å². The number of hydrogen-bond acceptors (Lipinski definition) is 3. The molecule has 82 valence electrons. The van der Waals surface area contributed by atoms with Crippen molar-refractivity contribution in [1.29, 1.82) is 0 Å². The minimum atomic E-state index is 0.414. The summed E-state index contributed by atoms with van der Waals surface area (Å²) >= 11 is 11.7. The minimum absolute atomic E-state index is 0.414. The highest BCUT2D eigenvalue weighted by molar-refractivity contribution is 6.30. The van der Waals surface area contributed by atoms with Crippen LogP contribution in [-0.2, 0) is 0 Å². The molecule has 0 spiro atoms. The minimum Gasteiger partial charge on any atom is -0.324 e. The van der Waals surface area contributed by atoms with Crippen molar-refractivity contribution in [3.8, 4) is 0 Å². The summed E-state index contributed by atoms with van der Waals surface area (Å²) in [5.41, 5.74) is 1.64. The molecule has 3 nitrogen and oxygen atoms in total. The van der Waals surface area contributed by atoms with Crippen LogP contribution >= 0.6 is 23.2 Å². The van der Waals surface area contributed by atoms with Gasteiger partial charge in [0.05, 0.1) is 0 Å². The molecule has 0 radical (unpaired) electrons. The third-order valence-electron chi connectivity index (χ3n) is 1.90. The van der Waals surface area contributed by atoms with Crippen LogP contribution in [0.25, 0.3) is 0 Å². The van der Waals surface area contributed by atoms with Gasteiger partial charge >= 0.3 is 0 Å². The molecular formula is C11H9Cl2N3. The monoisotopic (exact) mass is 253 g/mol. The Kier molecular flexibility index (Phi) is 3.27. The Bertz CT molecular complexity index is 494. The molecule has 2 rings (SSSR count). The van der Waals surface area contributed by atoms with Crippen LogP contribution in [0.5, 0.6) is 0 Å². The van der Waals surface area contributed by atoms with Crippen molar-refractivity contribution in [2.45, 2.75) is 6.92 Å². The van der Waals surface area contributed by atoms with Crippen molar-refractivity contribution in [3.63, 3.8) is 0 Å². The second kappa shape index (κ2) is 4.68. The van der Waals surface area contributed by atoms with Gasteiger partial charge in [-0.3, -0.25) is 0 Å². The molecule has 0 unspecified atom stereocenters. The summed E-state index contributed by atoms with van der Waals surface area (Å²) in [4.78, 5) is 8.27. The van der Waals surface area contributed by atoms with Crippen LogP contribution in [0.3, 0.4) is 0 Å². The average molecular weight is 254 g/mol. The Morgan fingerprint density at radius 1 is 1.12 bits per heavy atom. The first-order valence-corrected chi connectivity index (χ1v) is 5.43. The third kappa shape index (κ3) is 2.84. The lowest BCUT2D eigenvalue weighted by atomic mass is 10.3. The number of nitrogens with one attached hydrogen (secondary N) is 1. The fourth-order valence-corrected chi connectivity index (χ4v) is 1.71. The maximum Gasteiger partial charge on any atom is 0.228 e. The molecule has 0 atom stereocenters. The Labute approximate surface area is 103 Å².